The molecule has 0 spiro atoms. The van der Waals surface area contributed by atoms with E-state index in [0.717, 1.165) is 11.3 Å². The zero-order valence-corrected chi connectivity index (χ0v) is 8.28. The van der Waals surface area contributed by atoms with Crippen LogP contribution >= 0.6 is 11.3 Å². The molecule has 2 rings (SSSR count). The molecule has 0 radical (unpaired) electrons. The van der Waals surface area contributed by atoms with E-state index in [2.05, 4.69) is 0 Å². The minimum atomic E-state index is -1.02. The Bertz CT molecular complexity index is 509. The number of aldehydes is 1. The van der Waals surface area contributed by atoms with Crippen LogP contribution in [0, 0.1) is 0 Å². The van der Waals surface area contributed by atoms with Gasteiger partial charge in [0.2, 0.25) is 0 Å². The maximum atomic E-state index is 10.9. The summed E-state index contributed by atoms with van der Waals surface area (Å²) in [4.78, 5) is 21.7. The lowest BCUT2D eigenvalue weighted by Gasteiger charge is -1.96. The van der Waals surface area contributed by atoms with Crippen molar-refractivity contribution >= 4 is 23.6 Å². The topological polar surface area (TPSA) is 67.5 Å². The predicted octanol–water partition coefficient (Wildman–Crippen LogP) is 2.52. The molecule has 2 aromatic rings. The molecular weight excluding hydrogens is 216 g/mol. The zero-order chi connectivity index (χ0) is 10.8. The number of carbonyl (C=O) groups is 2. The molecule has 4 nitrogen and oxygen atoms in total. The van der Waals surface area contributed by atoms with Gasteiger partial charge in [0.1, 0.15) is 10.6 Å². The molecule has 0 saturated carbocycles. The standard InChI is InChI=1S/C10H6O4S/c11-5-6-1-3-14-8(6)7-2-4-15-9(7)10(12)13/h1-5H,(H,12,13). The largest absolute Gasteiger partial charge is 0.477 e. The van der Waals surface area contributed by atoms with Crippen LogP contribution in [-0.4, -0.2) is 17.4 Å². The van der Waals surface area contributed by atoms with Gasteiger partial charge in [-0.1, -0.05) is 0 Å². The van der Waals surface area contributed by atoms with Gasteiger partial charge in [-0.3, -0.25) is 4.79 Å². The Labute approximate surface area is 88.8 Å². The smallest absolute Gasteiger partial charge is 0.346 e. The van der Waals surface area contributed by atoms with Gasteiger partial charge in [-0.15, -0.1) is 11.3 Å². The van der Waals surface area contributed by atoms with Gasteiger partial charge in [-0.25, -0.2) is 4.79 Å². The summed E-state index contributed by atoms with van der Waals surface area (Å²) >= 11 is 1.10. The van der Waals surface area contributed by atoms with E-state index in [0.29, 0.717) is 23.2 Å². The fraction of sp³-hybridized carbons (Fsp3) is 0. The average Bonchev–Trinajstić information content (AvgIpc) is 2.85. The van der Waals surface area contributed by atoms with Crippen molar-refractivity contribution in [1.82, 2.24) is 0 Å². The number of aromatic carboxylic acids is 1. The van der Waals surface area contributed by atoms with Gasteiger partial charge in [0.15, 0.2) is 6.29 Å². The summed E-state index contributed by atoms with van der Waals surface area (Å²) in [6.07, 6.45) is 2.00. The zero-order valence-electron chi connectivity index (χ0n) is 7.47. The molecule has 76 valence electrons. The summed E-state index contributed by atoms with van der Waals surface area (Å²) in [6, 6.07) is 3.13. The van der Waals surface area contributed by atoms with Crippen LogP contribution in [0.2, 0.25) is 0 Å². The Morgan fingerprint density at radius 1 is 1.47 bits per heavy atom. The lowest BCUT2D eigenvalue weighted by Crippen LogP contribution is -1.94. The summed E-state index contributed by atoms with van der Waals surface area (Å²) in [6.45, 7) is 0. The second-order valence-corrected chi connectivity index (χ2v) is 3.71. The minimum absolute atomic E-state index is 0.174. The van der Waals surface area contributed by atoms with Gasteiger partial charge in [-0.2, -0.15) is 0 Å². The number of thiophene rings is 1. The van der Waals surface area contributed by atoms with Crippen LogP contribution in [0.25, 0.3) is 11.3 Å². The molecule has 0 unspecified atom stereocenters. The third-order valence-electron chi connectivity index (χ3n) is 1.93. The molecule has 0 aliphatic heterocycles. The van der Waals surface area contributed by atoms with Crippen molar-refractivity contribution < 1.29 is 19.1 Å². The molecule has 5 heteroatoms. The Morgan fingerprint density at radius 3 is 2.93 bits per heavy atom. The molecule has 0 amide bonds. The fourth-order valence-electron chi connectivity index (χ4n) is 1.28. The molecule has 0 bridgehead atoms. The minimum Gasteiger partial charge on any atom is -0.477 e. The summed E-state index contributed by atoms with van der Waals surface area (Å²) in [5.74, 6) is -0.711. The van der Waals surface area contributed by atoms with Gasteiger partial charge in [0.05, 0.1) is 11.8 Å². The van der Waals surface area contributed by atoms with Crippen molar-refractivity contribution in [2.45, 2.75) is 0 Å². The summed E-state index contributed by atoms with van der Waals surface area (Å²) in [5, 5.41) is 10.5. The molecule has 1 N–H and O–H groups in total. The Morgan fingerprint density at radius 2 is 2.27 bits per heavy atom. The van der Waals surface area contributed by atoms with E-state index in [1.54, 1.807) is 11.4 Å². The van der Waals surface area contributed by atoms with Crippen LogP contribution in [0.15, 0.2) is 28.2 Å². The highest BCUT2D eigenvalue weighted by Crippen LogP contribution is 2.30. The van der Waals surface area contributed by atoms with Crippen LogP contribution in [0.1, 0.15) is 20.0 Å². The number of furan rings is 1. The first-order valence-electron chi connectivity index (χ1n) is 4.08. The molecule has 2 aromatic heterocycles. The van der Waals surface area contributed by atoms with Crippen LogP contribution in [0.4, 0.5) is 0 Å². The molecule has 0 aliphatic rings. The molecule has 0 atom stereocenters. The summed E-state index contributed by atoms with van der Waals surface area (Å²) < 4.78 is 5.10. The van der Waals surface area contributed by atoms with Crippen molar-refractivity contribution in [3.63, 3.8) is 0 Å². The van der Waals surface area contributed by atoms with Gasteiger partial charge in [-0.05, 0) is 17.5 Å². The Kier molecular flexibility index (Phi) is 2.39. The predicted molar refractivity (Wildman–Crippen MR) is 54.4 cm³/mol. The van der Waals surface area contributed by atoms with Gasteiger partial charge >= 0.3 is 5.97 Å². The Hall–Kier alpha value is -1.88. The summed E-state index contributed by atoms with van der Waals surface area (Å²) in [7, 11) is 0. The normalized spacial score (nSPS) is 10.1. The molecule has 2 heterocycles. The SMILES string of the molecule is O=Cc1ccoc1-c1ccsc1C(=O)O. The molecule has 0 aromatic carbocycles. The first kappa shape index (κ1) is 9.67. The highest BCUT2D eigenvalue weighted by molar-refractivity contribution is 7.12. The van der Waals surface area contributed by atoms with Crippen molar-refractivity contribution in [2.24, 2.45) is 0 Å². The number of hydrogen-bond acceptors (Lipinski definition) is 4. The Balaban J connectivity index is 2.58. The van der Waals surface area contributed by atoms with Crippen molar-refractivity contribution in [3.05, 3.63) is 34.2 Å². The number of carboxylic acid groups (broad SMARTS) is 1. The van der Waals surface area contributed by atoms with E-state index in [1.165, 1.54) is 12.3 Å². The van der Waals surface area contributed by atoms with Gasteiger partial charge < -0.3 is 9.52 Å². The molecule has 0 aliphatic carbocycles. The number of hydrogen-bond donors (Lipinski definition) is 1. The van der Waals surface area contributed by atoms with Crippen LogP contribution < -0.4 is 0 Å². The lowest BCUT2D eigenvalue weighted by molar-refractivity contribution is 0.0702. The summed E-state index contributed by atoms with van der Waals surface area (Å²) in [5.41, 5.74) is 0.801. The highest BCUT2D eigenvalue weighted by atomic mass is 32.1. The monoisotopic (exact) mass is 222 g/mol. The average molecular weight is 222 g/mol. The van der Waals surface area contributed by atoms with Gasteiger partial charge in [0.25, 0.3) is 0 Å². The van der Waals surface area contributed by atoms with Crippen molar-refractivity contribution in [1.29, 1.82) is 0 Å². The van der Waals surface area contributed by atoms with E-state index in [9.17, 15) is 9.59 Å². The second kappa shape index (κ2) is 3.70. The second-order valence-electron chi connectivity index (χ2n) is 2.79. The van der Waals surface area contributed by atoms with Crippen LogP contribution in [0.3, 0.4) is 0 Å². The molecule has 15 heavy (non-hydrogen) atoms. The quantitative estimate of drug-likeness (QED) is 0.810. The molecular formula is C10H6O4S. The van der Waals surface area contributed by atoms with Crippen LogP contribution in [0.5, 0.6) is 0 Å². The lowest BCUT2D eigenvalue weighted by atomic mass is 10.1. The first-order chi connectivity index (χ1) is 7.24. The van der Waals surface area contributed by atoms with E-state index < -0.39 is 5.97 Å². The molecule has 0 fully saturated rings. The number of carbonyl (C=O) groups excluding carboxylic acids is 1. The first-order valence-corrected chi connectivity index (χ1v) is 4.96. The van der Waals surface area contributed by atoms with E-state index in [4.69, 9.17) is 9.52 Å². The fourth-order valence-corrected chi connectivity index (χ4v) is 2.01. The van der Waals surface area contributed by atoms with E-state index in [-0.39, 0.29) is 4.88 Å². The third kappa shape index (κ3) is 1.57. The van der Waals surface area contributed by atoms with Crippen LogP contribution in [-0.2, 0) is 0 Å². The molecule has 0 saturated heterocycles. The van der Waals surface area contributed by atoms with Crippen molar-refractivity contribution in [2.75, 3.05) is 0 Å². The van der Waals surface area contributed by atoms with E-state index in [1.807, 2.05) is 0 Å². The maximum absolute atomic E-state index is 10.9. The number of carboxylic acids is 1. The van der Waals surface area contributed by atoms with E-state index >= 15 is 0 Å². The van der Waals surface area contributed by atoms with Crippen molar-refractivity contribution in [3.8, 4) is 11.3 Å². The number of rotatable bonds is 3. The maximum Gasteiger partial charge on any atom is 0.346 e. The third-order valence-corrected chi connectivity index (χ3v) is 2.83. The van der Waals surface area contributed by atoms with Gasteiger partial charge in [0, 0.05) is 5.56 Å². The highest BCUT2D eigenvalue weighted by Gasteiger charge is 2.18.